The largest absolute Gasteiger partial charge is 0.424 e. The summed E-state index contributed by atoms with van der Waals surface area (Å²) in [5.41, 5.74) is 7.72. The van der Waals surface area contributed by atoms with E-state index < -0.39 is 5.91 Å². The highest BCUT2D eigenvalue weighted by atomic mass is 32.1. The molecule has 0 spiro atoms. The van der Waals surface area contributed by atoms with Crippen LogP contribution in [0.5, 0.6) is 11.8 Å². The predicted octanol–water partition coefficient (Wildman–Crippen LogP) is 4.16. The van der Waals surface area contributed by atoms with Gasteiger partial charge in [-0.3, -0.25) is 9.69 Å². The molecule has 162 valence electrons. The second-order valence-corrected chi connectivity index (χ2v) is 8.63. The van der Waals surface area contributed by atoms with Crippen molar-refractivity contribution in [3.63, 3.8) is 0 Å². The van der Waals surface area contributed by atoms with Crippen molar-refractivity contribution in [2.24, 2.45) is 5.73 Å². The number of carbonyl (C=O) groups excluding carboxylic acids is 1. The molecule has 3 heterocycles. The molecule has 8 heteroatoms. The average molecular weight is 447 g/mol. The summed E-state index contributed by atoms with van der Waals surface area (Å²) in [4.78, 5) is 23.3. The number of nitrogens with zero attached hydrogens (tertiary/aromatic N) is 3. The lowest BCUT2D eigenvalue weighted by Gasteiger charge is -2.33. The van der Waals surface area contributed by atoms with Crippen molar-refractivity contribution in [3.8, 4) is 11.8 Å². The van der Waals surface area contributed by atoms with Crippen LogP contribution in [0.25, 0.3) is 10.1 Å². The number of ether oxygens (including phenoxy) is 2. The molecule has 2 N–H and O–H groups in total. The van der Waals surface area contributed by atoms with E-state index in [4.69, 9.17) is 15.2 Å². The van der Waals surface area contributed by atoms with E-state index in [1.165, 1.54) is 11.3 Å². The number of fused-ring (bicyclic) bond motifs is 1. The van der Waals surface area contributed by atoms with E-state index in [0.29, 0.717) is 29.8 Å². The molecule has 0 bridgehead atoms. The summed E-state index contributed by atoms with van der Waals surface area (Å²) in [5.74, 6) is 0.285. The van der Waals surface area contributed by atoms with E-state index in [1.807, 2.05) is 42.5 Å². The third-order valence-electron chi connectivity index (χ3n) is 5.39. The second kappa shape index (κ2) is 9.04. The number of nitrogens with two attached hydrogens (primary N) is 1. The Kier molecular flexibility index (Phi) is 5.81. The Morgan fingerprint density at radius 3 is 2.84 bits per heavy atom. The fraction of sp³-hybridized carbons (Fsp3) is 0.208. The van der Waals surface area contributed by atoms with Gasteiger partial charge in [-0.2, -0.15) is 0 Å². The highest BCUT2D eigenvalue weighted by molar-refractivity contribution is 7.21. The highest BCUT2D eigenvalue weighted by Crippen LogP contribution is 2.38. The number of carbonyl (C=O) groups is 1. The number of hydrogen-bond donors (Lipinski definition) is 1. The molecule has 0 radical (unpaired) electrons. The van der Waals surface area contributed by atoms with Gasteiger partial charge in [-0.05, 0) is 35.2 Å². The topological polar surface area (TPSA) is 90.6 Å². The first-order valence-corrected chi connectivity index (χ1v) is 11.2. The molecule has 2 aromatic heterocycles. The zero-order valence-corrected chi connectivity index (χ0v) is 18.1. The smallest absolute Gasteiger partial charge is 0.321 e. The molecule has 1 saturated heterocycles. The number of primary amides is 1. The minimum Gasteiger partial charge on any atom is -0.424 e. The van der Waals surface area contributed by atoms with E-state index in [0.717, 1.165) is 34.3 Å². The van der Waals surface area contributed by atoms with Crippen molar-refractivity contribution >= 4 is 27.3 Å². The fourth-order valence-electron chi connectivity index (χ4n) is 4.00. The third kappa shape index (κ3) is 4.34. The molecule has 7 nitrogen and oxygen atoms in total. The summed E-state index contributed by atoms with van der Waals surface area (Å²) in [7, 11) is 0. The standard InChI is InChI=1S/C24H22N4O3S/c25-23(29)22-21(18-7-1-2-8-20(18)32-22)19-15-28(11-12-30-19)14-16-5-3-6-17(13-16)31-24-26-9-4-10-27-24/h1-10,13,19H,11-12,14-15H2,(H2,25,29)/t19-/m1/s1. The number of morpholine rings is 1. The molecule has 1 aliphatic heterocycles. The van der Waals surface area contributed by atoms with Gasteiger partial charge in [0, 0.05) is 42.3 Å². The monoisotopic (exact) mass is 446 g/mol. The summed E-state index contributed by atoms with van der Waals surface area (Å²) in [6.45, 7) is 2.80. The van der Waals surface area contributed by atoms with Gasteiger partial charge >= 0.3 is 6.01 Å². The molecule has 0 aliphatic carbocycles. The summed E-state index contributed by atoms with van der Waals surface area (Å²) < 4.78 is 12.9. The molecular weight excluding hydrogens is 424 g/mol. The Labute approximate surface area is 189 Å². The summed E-state index contributed by atoms with van der Waals surface area (Å²) in [6.07, 6.45) is 3.09. The highest BCUT2D eigenvalue weighted by Gasteiger charge is 2.29. The Bertz CT molecular complexity index is 1240. The van der Waals surface area contributed by atoms with Crippen molar-refractivity contribution in [3.05, 3.63) is 83.0 Å². The molecular formula is C24H22N4O3S. The third-order valence-corrected chi connectivity index (χ3v) is 6.59. The number of thiophene rings is 1. The van der Waals surface area contributed by atoms with Crippen LogP contribution >= 0.6 is 11.3 Å². The lowest BCUT2D eigenvalue weighted by Crippen LogP contribution is -2.38. The van der Waals surface area contributed by atoms with Crippen molar-refractivity contribution in [2.45, 2.75) is 12.6 Å². The van der Waals surface area contributed by atoms with Crippen LogP contribution in [0.1, 0.15) is 26.9 Å². The first-order chi connectivity index (χ1) is 15.7. The first kappa shape index (κ1) is 20.6. The molecule has 0 saturated carbocycles. The van der Waals surface area contributed by atoms with Crippen LogP contribution in [0.2, 0.25) is 0 Å². The molecule has 0 unspecified atom stereocenters. The molecule has 1 aliphatic rings. The minimum absolute atomic E-state index is 0.209. The van der Waals surface area contributed by atoms with Crippen molar-refractivity contribution in [2.75, 3.05) is 19.7 Å². The van der Waals surface area contributed by atoms with Crippen LogP contribution < -0.4 is 10.5 Å². The SMILES string of the molecule is NC(=O)c1sc2ccccc2c1[C@H]1CN(Cc2cccc(Oc3ncccn3)c2)CCO1. The number of amides is 1. The van der Waals surface area contributed by atoms with Crippen molar-refractivity contribution < 1.29 is 14.3 Å². The molecule has 1 atom stereocenters. The van der Waals surface area contributed by atoms with Gasteiger partial charge in [-0.1, -0.05) is 30.3 Å². The summed E-state index contributed by atoms with van der Waals surface area (Å²) in [6, 6.07) is 18.0. The zero-order valence-electron chi connectivity index (χ0n) is 17.3. The maximum atomic E-state index is 12.1. The molecule has 5 rings (SSSR count). The Morgan fingerprint density at radius 1 is 1.16 bits per heavy atom. The van der Waals surface area contributed by atoms with E-state index in [2.05, 4.69) is 20.9 Å². The van der Waals surface area contributed by atoms with Gasteiger partial charge in [-0.15, -0.1) is 11.3 Å². The van der Waals surface area contributed by atoms with Gasteiger partial charge < -0.3 is 15.2 Å². The van der Waals surface area contributed by atoms with E-state index >= 15 is 0 Å². The summed E-state index contributed by atoms with van der Waals surface area (Å²) >= 11 is 1.43. The van der Waals surface area contributed by atoms with Gasteiger partial charge in [0.2, 0.25) is 0 Å². The van der Waals surface area contributed by atoms with Gasteiger partial charge in [0.05, 0.1) is 17.6 Å². The zero-order chi connectivity index (χ0) is 21.9. The minimum atomic E-state index is -0.407. The quantitative estimate of drug-likeness (QED) is 0.478. The van der Waals surface area contributed by atoms with E-state index in [9.17, 15) is 4.79 Å². The van der Waals surface area contributed by atoms with Crippen LogP contribution in [0.15, 0.2) is 67.0 Å². The number of hydrogen-bond acceptors (Lipinski definition) is 7. The van der Waals surface area contributed by atoms with Gasteiger partial charge in [0.1, 0.15) is 5.75 Å². The van der Waals surface area contributed by atoms with Crippen LogP contribution in [0.3, 0.4) is 0 Å². The van der Waals surface area contributed by atoms with Crippen molar-refractivity contribution in [1.29, 1.82) is 0 Å². The maximum absolute atomic E-state index is 12.1. The number of aromatic nitrogens is 2. The number of rotatable bonds is 6. The van der Waals surface area contributed by atoms with Crippen molar-refractivity contribution in [1.82, 2.24) is 14.9 Å². The normalized spacial score (nSPS) is 16.8. The average Bonchev–Trinajstić information content (AvgIpc) is 3.20. The lowest BCUT2D eigenvalue weighted by molar-refractivity contribution is -0.0323. The first-order valence-electron chi connectivity index (χ1n) is 10.4. The van der Waals surface area contributed by atoms with Crippen LogP contribution in [0.4, 0.5) is 0 Å². The predicted molar refractivity (Wildman–Crippen MR) is 123 cm³/mol. The molecule has 1 amide bonds. The maximum Gasteiger partial charge on any atom is 0.321 e. The van der Waals surface area contributed by atoms with Gasteiger partial charge in [0.25, 0.3) is 5.91 Å². The lowest BCUT2D eigenvalue weighted by atomic mass is 10.0. The van der Waals surface area contributed by atoms with Crippen LogP contribution in [-0.4, -0.2) is 40.5 Å². The molecule has 4 aromatic rings. The second-order valence-electron chi connectivity index (χ2n) is 7.58. The Hall–Kier alpha value is -3.33. The Balaban J connectivity index is 1.35. The Morgan fingerprint density at radius 2 is 2.00 bits per heavy atom. The van der Waals surface area contributed by atoms with Gasteiger partial charge in [0.15, 0.2) is 0 Å². The van der Waals surface area contributed by atoms with Crippen LogP contribution in [0, 0.1) is 0 Å². The van der Waals surface area contributed by atoms with E-state index in [-0.39, 0.29) is 6.10 Å². The van der Waals surface area contributed by atoms with E-state index in [1.54, 1.807) is 18.5 Å². The summed E-state index contributed by atoms with van der Waals surface area (Å²) in [5, 5.41) is 1.04. The molecule has 1 fully saturated rings. The molecule has 2 aromatic carbocycles. The van der Waals surface area contributed by atoms with Crippen LogP contribution in [-0.2, 0) is 11.3 Å². The number of benzene rings is 2. The fourth-order valence-corrected chi connectivity index (χ4v) is 5.10. The van der Waals surface area contributed by atoms with Gasteiger partial charge in [-0.25, -0.2) is 9.97 Å². The molecule has 32 heavy (non-hydrogen) atoms.